The second-order valence-electron chi connectivity index (χ2n) is 10.1. The molecule has 38 heavy (non-hydrogen) atoms. The SMILES string of the molecule is CCCc1nc2cc(N(Cc3ccccc3)C(=O)c3ccc(F)c(F)c3)ccc2n1CC(=O)OC(C)(C)C. The van der Waals surface area contributed by atoms with Gasteiger partial charge in [-0.1, -0.05) is 37.3 Å². The van der Waals surface area contributed by atoms with E-state index >= 15 is 0 Å². The molecule has 0 aliphatic carbocycles. The van der Waals surface area contributed by atoms with Crippen molar-refractivity contribution in [3.63, 3.8) is 0 Å². The lowest BCUT2D eigenvalue weighted by Crippen LogP contribution is -2.30. The summed E-state index contributed by atoms with van der Waals surface area (Å²) in [6, 6.07) is 17.9. The van der Waals surface area contributed by atoms with Crippen LogP contribution in [0.5, 0.6) is 0 Å². The average molecular weight is 520 g/mol. The minimum Gasteiger partial charge on any atom is -0.459 e. The van der Waals surface area contributed by atoms with Gasteiger partial charge >= 0.3 is 5.97 Å². The van der Waals surface area contributed by atoms with Crippen LogP contribution in [-0.4, -0.2) is 27.0 Å². The number of hydrogen-bond donors (Lipinski definition) is 0. The number of anilines is 1. The van der Waals surface area contributed by atoms with Gasteiger partial charge in [0.1, 0.15) is 18.0 Å². The number of esters is 1. The van der Waals surface area contributed by atoms with Crippen molar-refractivity contribution < 1.29 is 23.1 Å². The first kappa shape index (κ1) is 27.0. The van der Waals surface area contributed by atoms with Crippen LogP contribution in [0.1, 0.15) is 55.9 Å². The van der Waals surface area contributed by atoms with Crippen molar-refractivity contribution >= 4 is 28.6 Å². The highest BCUT2D eigenvalue weighted by Gasteiger charge is 2.23. The lowest BCUT2D eigenvalue weighted by molar-refractivity contribution is -0.155. The quantitative estimate of drug-likeness (QED) is 0.251. The van der Waals surface area contributed by atoms with Gasteiger partial charge in [-0.2, -0.15) is 0 Å². The molecular weight excluding hydrogens is 488 g/mol. The second kappa shape index (κ2) is 11.1. The molecule has 0 aliphatic rings. The van der Waals surface area contributed by atoms with Gasteiger partial charge in [0.15, 0.2) is 11.6 Å². The maximum absolute atomic E-state index is 14.0. The van der Waals surface area contributed by atoms with Crippen LogP contribution >= 0.6 is 0 Å². The molecule has 0 fully saturated rings. The predicted octanol–water partition coefficient (Wildman–Crippen LogP) is 6.46. The van der Waals surface area contributed by atoms with Crippen LogP contribution in [0.4, 0.5) is 14.5 Å². The Hall–Kier alpha value is -4.07. The number of hydrogen-bond acceptors (Lipinski definition) is 4. The van der Waals surface area contributed by atoms with Crippen molar-refractivity contribution in [3.8, 4) is 0 Å². The van der Waals surface area contributed by atoms with Crippen molar-refractivity contribution in [2.45, 2.75) is 59.2 Å². The molecule has 6 nitrogen and oxygen atoms in total. The van der Waals surface area contributed by atoms with E-state index in [1.165, 1.54) is 11.0 Å². The summed E-state index contributed by atoms with van der Waals surface area (Å²) >= 11 is 0. The van der Waals surface area contributed by atoms with E-state index in [0.717, 1.165) is 35.5 Å². The molecule has 8 heteroatoms. The Bertz CT molecular complexity index is 1460. The van der Waals surface area contributed by atoms with E-state index in [0.29, 0.717) is 17.6 Å². The van der Waals surface area contributed by atoms with Crippen LogP contribution in [-0.2, 0) is 29.0 Å². The highest BCUT2D eigenvalue weighted by atomic mass is 19.2. The first-order valence-electron chi connectivity index (χ1n) is 12.6. The number of amides is 1. The van der Waals surface area contributed by atoms with Gasteiger partial charge in [-0.25, -0.2) is 13.8 Å². The minimum absolute atomic E-state index is 0.0178. The summed E-state index contributed by atoms with van der Waals surface area (Å²) < 4.78 is 34.9. The van der Waals surface area contributed by atoms with Crippen molar-refractivity contribution in [2.24, 2.45) is 0 Å². The van der Waals surface area contributed by atoms with Crippen LogP contribution in [0, 0.1) is 11.6 Å². The standard InChI is InChI=1S/C30H31F2N3O3/c1-5-9-27-33-25-17-22(13-15-26(25)35(27)19-28(36)38-30(2,3)4)34(18-20-10-7-6-8-11-20)29(37)21-12-14-23(31)24(32)16-21/h6-8,10-17H,5,9,18-19H2,1-4H3. The van der Waals surface area contributed by atoms with E-state index in [9.17, 15) is 18.4 Å². The zero-order valence-corrected chi connectivity index (χ0v) is 22.0. The van der Waals surface area contributed by atoms with Crippen molar-refractivity contribution in [2.75, 3.05) is 4.90 Å². The van der Waals surface area contributed by atoms with E-state index in [1.807, 2.05) is 68.7 Å². The number of carbonyl (C=O) groups is 2. The highest BCUT2D eigenvalue weighted by Crippen LogP contribution is 2.27. The molecule has 0 saturated heterocycles. The van der Waals surface area contributed by atoms with E-state index in [1.54, 1.807) is 12.1 Å². The second-order valence-corrected chi connectivity index (χ2v) is 10.1. The minimum atomic E-state index is -1.09. The molecule has 0 N–H and O–H groups in total. The third-order valence-electron chi connectivity index (χ3n) is 5.90. The fourth-order valence-electron chi connectivity index (χ4n) is 4.26. The normalized spacial score (nSPS) is 11.5. The first-order valence-corrected chi connectivity index (χ1v) is 12.6. The number of aryl methyl sites for hydroxylation is 1. The topological polar surface area (TPSA) is 64.4 Å². The number of fused-ring (bicyclic) bond motifs is 1. The fourth-order valence-corrected chi connectivity index (χ4v) is 4.26. The molecule has 1 heterocycles. The maximum atomic E-state index is 14.0. The third-order valence-corrected chi connectivity index (χ3v) is 5.90. The Morgan fingerprint density at radius 2 is 1.71 bits per heavy atom. The number of ether oxygens (including phenoxy) is 1. The number of halogens is 2. The van der Waals surface area contributed by atoms with E-state index in [2.05, 4.69) is 0 Å². The van der Waals surface area contributed by atoms with Crippen LogP contribution in [0.2, 0.25) is 0 Å². The number of nitrogens with zero attached hydrogens (tertiary/aromatic N) is 3. The molecule has 0 saturated carbocycles. The summed E-state index contributed by atoms with van der Waals surface area (Å²) in [4.78, 5) is 32.4. The zero-order chi connectivity index (χ0) is 27.4. The fraction of sp³-hybridized carbons (Fsp3) is 0.300. The highest BCUT2D eigenvalue weighted by molar-refractivity contribution is 6.06. The van der Waals surface area contributed by atoms with Gasteiger partial charge in [0, 0.05) is 17.7 Å². The molecule has 0 spiro atoms. The molecule has 198 valence electrons. The lowest BCUT2D eigenvalue weighted by atomic mass is 10.1. The molecule has 1 aromatic heterocycles. The summed E-state index contributed by atoms with van der Waals surface area (Å²) in [6.07, 6.45) is 1.49. The Kier molecular flexibility index (Phi) is 7.90. The molecule has 0 aliphatic heterocycles. The monoisotopic (exact) mass is 519 g/mol. The number of aromatic nitrogens is 2. The molecule has 0 unspecified atom stereocenters. The van der Waals surface area contributed by atoms with Crippen molar-refractivity contribution in [3.05, 3.63) is 95.3 Å². The molecule has 4 rings (SSSR count). The van der Waals surface area contributed by atoms with Crippen molar-refractivity contribution in [1.29, 1.82) is 0 Å². The van der Waals surface area contributed by atoms with Gasteiger partial charge in [0.05, 0.1) is 17.6 Å². The molecule has 1 amide bonds. The van der Waals surface area contributed by atoms with E-state index in [4.69, 9.17) is 9.72 Å². The largest absolute Gasteiger partial charge is 0.459 e. The van der Waals surface area contributed by atoms with Crippen LogP contribution in [0.3, 0.4) is 0 Å². The summed E-state index contributed by atoms with van der Waals surface area (Å²) in [5.41, 5.74) is 2.19. The summed E-state index contributed by atoms with van der Waals surface area (Å²) in [7, 11) is 0. The van der Waals surface area contributed by atoms with Crippen molar-refractivity contribution in [1.82, 2.24) is 9.55 Å². The van der Waals surface area contributed by atoms with Gasteiger partial charge in [0.25, 0.3) is 5.91 Å². The van der Waals surface area contributed by atoms with Gasteiger partial charge in [-0.05, 0) is 69.2 Å². The molecule has 0 bridgehead atoms. The van der Waals surface area contributed by atoms with Crippen LogP contribution in [0.25, 0.3) is 11.0 Å². The third kappa shape index (κ3) is 6.25. The predicted molar refractivity (Wildman–Crippen MR) is 143 cm³/mol. The van der Waals surface area contributed by atoms with Gasteiger partial charge in [-0.3, -0.25) is 9.59 Å². The molecular formula is C30H31F2N3O3. The smallest absolute Gasteiger partial charge is 0.326 e. The first-order chi connectivity index (χ1) is 18.1. The van der Waals surface area contributed by atoms with E-state index < -0.39 is 23.1 Å². The molecule has 0 atom stereocenters. The molecule has 3 aromatic carbocycles. The average Bonchev–Trinajstić information content (AvgIpc) is 3.19. The number of benzene rings is 3. The van der Waals surface area contributed by atoms with E-state index in [-0.39, 0.29) is 24.6 Å². The Balaban J connectivity index is 1.75. The Morgan fingerprint density at radius 1 is 0.974 bits per heavy atom. The van der Waals surface area contributed by atoms with Gasteiger partial charge in [-0.15, -0.1) is 0 Å². The summed E-state index contributed by atoms with van der Waals surface area (Å²) in [5.74, 6) is -2.20. The summed E-state index contributed by atoms with van der Waals surface area (Å²) in [6.45, 7) is 7.73. The molecule has 0 radical (unpaired) electrons. The zero-order valence-electron chi connectivity index (χ0n) is 22.0. The Morgan fingerprint density at radius 3 is 2.37 bits per heavy atom. The Labute approximate surface area is 220 Å². The maximum Gasteiger partial charge on any atom is 0.326 e. The number of carbonyl (C=O) groups excluding carboxylic acids is 2. The van der Waals surface area contributed by atoms with Gasteiger partial charge < -0.3 is 14.2 Å². The number of rotatable bonds is 8. The lowest BCUT2D eigenvalue weighted by Gasteiger charge is -2.23. The van der Waals surface area contributed by atoms with Crippen LogP contribution in [0.15, 0.2) is 66.7 Å². The van der Waals surface area contributed by atoms with Crippen LogP contribution < -0.4 is 4.90 Å². The van der Waals surface area contributed by atoms with Gasteiger partial charge in [0.2, 0.25) is 0 Å². The number of imidazole rings is 1. The summed E-state index contributed by atoms with van der Waals surface area (Å²) in [5, 5.41) is 0. The molecule has 4 aromatic rings.